The highest BCUT2D eigenvalue weighted by atomic mass is 35.5. The van der Waals surface area contributed by atoms with E-state index < -0.39 is 0 Å². The number of hydrogen-bond acceptors (Lipinski definition) is 2. The third-order valence-electron chi connectivity index (χ3n) is 5.32. The second-order valence-corrected chi connectivity index (χ2v) is 8.30. The van der Waals surface area contributed by atoms with Crippen molar-refractivity contribution in [3.05, 3.63) is 93.3 Å². The molecule has 130 valence electrons. The molecule has 4 aromatic rings. The first-order valence-corrected chi connectivity index (χ1v) is 10.1. The summed E-state index contributed by atoms with van der Waals surface area (Å²) in [5.41, 5.74) is 4.11. The molecule has 1 aliphatic carbocycles. The van der Waals surface area contributed by atoms with Crippen LogP contribution in [0.25, 0.3) is 10.9 Å². The smallest absolute Gasteiger partial charge is 0.0572 e. The third-order valence-corrected chi connectivity index (χ3v) is 6.43. The number of halogens is 1. The van der Waals surface area contributed by atoms with Crippen molar-refractivity contribution < 1.29 is 0 Å². The van der Waals surface area contributed by atoms with E-state index in [1.165, 1.54) is 26.9 Å². The maximum atomic E-state index is 6.18. The number of nitrogens with zero attached hydrogens (tertiary/aromatic N) is 1. The SMILES string of the molecule is Clc1ccc2c(ccn2[C@H]2Cc3ccccc3[C@@H]2NCc2cccs2)c1. The van der Waals surface area contributed by atoms with Crippen LogP contribution in [0.15, 0.2) is 72.2 Å². The molecule has 0 unspecified atom stereocenters. The molecule has 0 amide bonds. The lowest BCUT2D eigenvalue weighted by atomic mass is 10.1. The van der Waals surface area contributed by atoms with Crippen LogP contribution in [0.1, 0.15) is 28.1 Å². The fraction of sp³-hybridized carbons (Fsp3) is 0.182. The zero-order valence-corrected chi connectivity index (χ0v) is 15.8. The normalized spacial score (nSPS) is 19.1. The van der Waals surface area contributed by atoms with Crippen molar-refractivity contribution >= 4 is 33.8 Å². The van der Waals surface area contributed by atoms with E-state index in [-0.39, 0.29) is 0 Å². The quantitative estimate of drug-likeness (QED) is 0.462. The fourth-order valence-electron chi connectivity index (χ4n) is 4.13. The molecule has 1 N–H and O–H groups in total. The molecular weight excluding hydrogens is 360 g/mol. The van der Waals surface area contributed by atoms with Gasteiger partial charge in [-0.05, 0) is 53.3 Å². The Morgan fingerprint density at radius 2 is 2.00 bits per heavy atom. The van der Waals surface area contributed by atoms with Gasteiger partial charge < -0.3 is 9.88 Å². The second-order valence-electron chi connectivity index (χ2n) is 6.83. The molecule has 0 saturated carbocycles. The predicted molar refractivity (Wildman–Crippen MR) is 110 cm³/mol. The van der Waals surface area contributed by atoms with Crippen LogP contribution < -0.4 is 5.32 Å². The van der Waals surface area contributed by atoms with Crippen LogP contribution in [0.5, 0.6) is 0 Å². The second kappa shape index (κ2) is 6.58. The summed E-state index contributed by atoms with van der Waals surface area (Å²) in [6, 6.07) is 22.1. The molecule has 2 aromatic carbocycles. The van der Waals surface area contributed by atoms with Crippen LogP contribution in [0, 0.1) is 0 Å². The van der Waals surface area contributed by atoms with Gasteiger partial charge in [-0.25, -0.2) is 0 Å². The Morgan fingerprint density at radius 1 is 1.08 bits per heavy atom. The van der Waals surface area contributed by atoms with E-state index in [4.69, 9.17) is 11.6 Å². The van der Waals surface area contributed by atoms with E-state index in [0.717, 1.165) is 18.0 Å². The lowest BCUT2D eigenvalue weighted by Crippen LogP contribution is -2.26. The fourth-order valence-corrected chi connectivity index (χ4v) is 4.96. The summed E-state index contributed by atoms with van der Waals surface area (Å²) in [6.45, 7) is 0.901. The van der Waals surface area contributed by atoms with E-state index >= 15 is 0 Å². The molecule has 2 aromatic heterocycles. The van der Waals surface area contributed by atoms with Crippen LogP contribution in [0.3, 0.4) is 0 Å². The Kier molecular flexibility index (Phi) is 4.08. The zero-order chi connectivity index (χ0) is 17.5. The number of rotatable bonds is 4. The van der Waals surface area contributed by atoms with Gasteiger partial charge in [0, 0.05) is 33.5 Å². The lowest BCUT2D eigenvalue weighted by molar-refractivity contribution is 0.389. The number of benzene rings is 2. The van der Waals surface area contributed by atoms with Gasteiger partial charge in [0.2, 0.25) is 0 Å². The molecule has 0 aliphatic heterocycles. The van der Waals surface area contributed by atoms with Crippen molar-refractivity contribution in [1.82, 2.24) is 9.88 Å². The first-order valence-electron chi connectivity index (χ1n) is 8.89. The van der Waals surface area contributed by atoms with Gasteiger partial charge in [-0.15, -0.1) is 11.3 Å². The number of fused-ring (bicyclic) bond motifs is 2. The van der Waals surface area contributed by atoms with Gasteiger partial charge in [-0.1, -0.05) is 41.9 Å². The number of hydrogen-bond donors (Lipinski definition) is 1. The average molecular weight is 379 g/mol. The average Bonchev–Trinajstić information content (AvgIpc) is 3.37. The van der Waals surface area contributed by atoms with E-state index in [1.807, 2.05) is 12.1 Å². The molecule has 0 saturated heterocycles. The van der Waals surface area contributed by atoms with Crippen molar-refractivity contribution in [3.8, 4) is 0 Å². The minimum absolute atomic E-state index is 0.305. The summed E-state index contributed by atoms with van der Waals surface area (Å²) < 4.78 is 2.41. The molecular formula is C22H19ClN2S. The van der Waals surface area contributed by atoms with Crippen LogP contribution >= 0.6 is 22.9 Å². The van der Waals surface area contributed by atoms with Gasteiger partial charge in [-0.2, -0.15) is 0 Å². The maximum Gasteiger partial charge on any atom is 0.0572 e. The summed E-state index contributed by atoms with van der Waals surface area (Å²) in [5.74, 6) is 0. The Bertz CT molecular complexity index is 1050. The minimum Gasteiger partial charge on any atom is -0.342 e. The van der Waals surface area contributed by atoms with Crippen molar-refractivity contribution in [2.75, 3.05) is 0 Å². The Hall–Kier alpha value is -2.07. The van der Waals surface area contributed by atoms with Crippen molar-refractivity contribution in [1.29, 1.82) is 0 Å². The molecule has 2 atom stereocenters. The van der Waals surface area contributed by atoms with Gasteiger partial charge in [0.15, 0.2) is 0 Å². The van der Waals surface area contributed by atoms with Crippen molar-refractivity contribution in [2.24, 2.45) is 0 Å². The highest BCUT2D eigenvalue weighted by molar-refractivity contribution is 7.09. The monoisotopic (exact) mass is 378 g/mol. The van der Waals surface area contributed by atoms with Gasteiger partial charge in [-0.3, -0.25) is 0 Å². The maximum absolute atomic E-state index is 6.18. The third kappa shape index (κ3) is 2.77. The minimum atomic E-state index is 0.305. The molecule has 2 nitrogen and oxygen atoms in total. The topological polar surface area (TPSA) is 17.0 Å². The molecule has 0 spiro atoms. The van der Waals surface area contributed by atoms with E-state index in [0.29, 0.717) is 12.1 Å². The summed E-state index contributed by atoms with van der Waals surface area (Å²) in [7, 11) is 0. The first-order chi connectivity index (χ1) is 12.8. The Morgan fingerprint density at radius 3 is 2.88 bits per heavy atom. The van der Waals surface area contributed by atoms with Gasteiger partial charge in [0.05, 0.1) is 12.1 Å². The summed E-state index contributed by atoms with van der Waals surface area (Å²) in [5, 5.41) is 7.95. The molecule has 0 bridgehead atoms. The first kappa shape index (κ1) is 16.1. The summed E-state index contributed by atoms with van der Waals surface area (Å²) in [4.78, 5) is 1.37. The predicted octanol–water partition coefficient (Wildman–Crippen LogP) is 5.98. The van der Waals surface area contributed by atoms with Crippen molar-refractivity contribution in [3.63, 3.8) is 0 Å². The van der Waals surface area contributed by atoms with E-state index in [1.54, 1.807) is 11.3 Å². The number of nitrogens with one attached hydrogen (secondary N) is 1. The largest absolute Gasteiger partial charge is 0.342 e. The molecule has 0 radical (unpaired) electrons. The standard InChI is InChI=1S/C22H19ClN2S/c23-17-7-8-20-16(12-17)9-10-25(20)21-13-15-4-1-2-6-19(15)22(21)24-14-18-5-3-11-26-18/h1-12,21-22,24H,13-14H2/t21-,22-/m0/s1. The van der Waals surface area contributed by atoms with E-state index in [9.17, 15) is 0 Å². The molecule has 5 rings (SSSR count). The molecule has 1 aliphatic rings. The Labute approximate surface area is 162 Å². The lowest BCUT2D eigenvalue weighted by Gasteiger charge is -2.24. The van der Waals surface area contributed by atoms with Crippen LogP contribution in [-0.2, 0) is 13.0 Å². The van der Waals surface area contributed by atoms with Crippen molar-refractivity contribution in [2.45, 2.75) is 25.0 Å². The highest BCUT2D eigenvalue weighted by Crippen LogP contribution is 2.41. The summed E-state index contributed by atoms with van der Waals surface area (Å²) >= 11 is 7.98. The highest BCUT2D eigenvalue weighted by Gasteiger charge is 2.33. The Balaban J connectivity index is 1.53. The number of aromatic nitrogens is 1. The molecule has 0 fully saturated rings. The summed E-state index contributed by atoms with van der Waals surface area (Å²) in [6.07, 6.45) is 3.25. The van der Waals surface area contributed by atoms with Gasteiger partial charge in [0.1, 0.15) is 0 Å². The molecule has 2 heterocycles. The van der Waals surface area contributed by atoms with Gasteiger partial charge >= 0.3 is 0 Å². The van der Waals surface area contributed by atoms with E-state index in [2.05, 4.69) is 70.0 Å². The molecule has 4 heteroatoms. The van der Waals surface area contributed by atoms with Crippen LogP contribution in [0.2, 0.25) is 5.02 Å². The van der Waals surface area contributed by atoms with Gasteiger partial charge in [0.25, 0.3) is 0 Å². The molecule has 26 heavy (non-hydrogen) atoms. The number of thiophene rings is 1. The van der Waals surface area contributed by atoms with Crippen LogP contribution in [0.4, 0.5) is 0 Å². The zero-order valence-electron chi connectivity index (χ0n) is 14.2. The van der Waals surface area contributed by atoms with Crippen LogP contribution in [-0.4, -0.2) is 4.57 Å².